The minimum absolute atomic E-state index is 0.108. The second-order valence-corrected chi connectivity index (χ2v) is 6.59. The predicted molar refractivity (Wildman–Crippen MR) is 102 cm³/mol. The Morgan fingerprint density at radius 2 is 1.93 bits per heavy atom. The van der Waals surface area contributed by atoms with Crippen LogP contribution in [0.4, 0.5) is 5.69 Å². The van der Waals surface area contributed by atoms with E-state index in [-0.39, 0.29) is 18.6 Å². The smallest absolute Gasteiger partial charge is 0.294 e. The first-order chi connectivity index (χ1) is 13.2. The lowest BCUT2D eigenvalue weighted by atomic mass is 10.1. The lowest BCUT2D eigenvalue weighted by molar-refractivity contribution is 0.0950. The third-order valence-corrected chi connectivity index (χ3v) is 4.72. The molecule has 0 bridgehead atoms. The number of furan rings is 1. The van der Waals surface area contributed by atoms with Gasteiger partial charge in [-0.3, -0.25) is 4.79 Å². The largest absolute Gasteiger partial charge is 0.497 e. The Labute approximate surface area is 158 Å². The first kappa shape index (κ1) is 17.2. The molecule has 0 saturated carbocycles. The summed E-state index contributed by atoms with van der Waals surface area (Å²) in [6.45, 7) is 2.29. The van der Waals surface area contributed by atoms with Crippen molar-refractivity contribution < 1.29 is 18.7 Å². The number of methoxy groups -OCH3 is 1. The van der Waals surface area contributed by atoms with Crippen LogP contribution >= 0.6 is 0 Å². The molecule has 0 fully saturated rings. The Kier molecular flexibility index (Phi) is 4.59. The molecule has 1 aliphatic rings. The molecule has 1 aliphatic heterocycles. The summed E-state index contributed by atoms with van der Waals surface area (Å²) in [5.41, 5.74) is 2.15. The number of nitrogens with zero attached hydrogens (tertiary/aromatic N) is 1. The number of hydrogen-bond donors (Lipinski definition) is 0. The second-order valence-electron chi connectivity index (χ2n) is 6.59. The Morgan fingerprint density at radius 1 is 1.11 bits per heavy atom. The van der Waals surface area contributed by atoms with Crippen molar-refractivity contribution in [3.63, 3.8) is 0 Å². The molecule has 0 saturated heterocycles. The van der Waals surface area contributed by atoms with E-state index in [0.717, 1.165) is 17.9 Å². The minimum Gasteiger partial charge on any atom is -0.497 e. The number of ether oxygens (including phenoxy) is 2. The highest BCUT2D eigenvalue weighted by atomic mass is 16.5. The highest BCUT2D eigenvalue weighted by Gasteiger charge is 2.32. The molecule has 1 atom stereocenters. The number of benzene rings is 2. The van der Waals surface area contributed by atoms with Crippen molar-refractivity contribution in [2.45, 2.75) is 26.0 Å². The van der Waals surface area contributed by atoms with Gasteiger partial charge >= 0.3 is 0 Å². The van der Waals surface area contributed by atoms with Gasteiger partial charge in [-0.2, -0.15) is 0 Å². The van der Waals surface area contributed by atoms with E-state index in [0.29, 0.717) is 17.3 Å². The summed E-state index contributed by atoms with van der Waals surface area (Å²) in [6, 6.07) is 19.0. The SMILES string of the molecule is COc1cccc(OCc2ccc(C(=O)N3c4ccccc4CC3C)o2)c1. The van der Waals surface area contributed by atoms with Gasteiger partial charge in [0.2, 0.25) is 0 Å². The summed E-state index contributed by atoms with van der Waals surface area (Å²) in [5, 5.41) is 0. The summed E-state index contributed by atoms with van der Waals surface area (Å²) in [4.78, 5) is 14.8. The summed E-state index contributed by atoms with van der Waals surface area (Å²) in [5.74, 6) is 2.20. The zero-order chi connectivity index (χ0) is 18.8. The van der Waals surface area contributed by atoms with Gasteiger partial charge in [-0.05, 0) is 49.2 Å². The van der Waals surface area contributed by atoms with E-state index in [1.807, 2.05) is 43.3 Å². The van der Waals surface area contributed by atoms with Crippen LogP contribution in [0.5, 0.6) is 11.5 Å². The summed E-state index contributed by atoms with van der Waals surface area (Å²) < 4.78 is 16.7. The Balaban J connectivity index is 1.47. The van der Waals surface area contributed by atoms with Gasteiger partial charge in [0, 0.05) is 17.8 Å². The number of carbonyl (C=O) groups is 1. The molecular formula is C22H21NO4. The maximum Gasteiger partial charge on any atom is 0.294 e. The van der Waals surface area contributed by atoms with Crippen molar-refractivity contribution >= 4 is 11.6 Å². The van der Waals surface area contributed by atoms with Gasteiger partial charge in [0.15, 0.2) is 5.76 Å². The Morgan fingerprint density at radius 3 is 2.78 bits per heavy atom. The second kappa shape index (κ2) is 7.19. The van der Waals surface area contributed by atoms with E-state index in [4.69, 9.17) is 13.9 Å². The fourth-order valence-electron chi connectivity index (χ4n) is 3.41. The van der Waals surface area contributed by atoms with Crippen molar-refractivity contribution in [3.8, 4) is 11.5 Å². The third kappa shape index (κ3) is 3.40. The Bertz CT molecular complexity index is 962. The number of fused-ring (bicyclic) bond motifs is 1. The zero-order valence-electron chi connectivity index (χ0n) is 15.3. The normalized spacial score (nSPS) is 15.5. The number of anilines is 1. The summed E-state index contributed by atoms with van der Waals surface area (Å²) in [6.07, 6.45) is 0.856. The van der Waals surface area contributed by atoms with Crippen molar-refractivity contribution in [3.05, 3.63) is 77.7 Å². The van der Waals surface area contributed by atoms with E-state index in [1.165, 1.54) is 5.56 Å². The first-order valence-electron chi connectivity index (χ1n) is 8.93. The van der Waals surface area contributed by atoms with Crippen molar-refractivity contribution in [2.75, 3.05) is 12.0 Å². The maximum absolute atomic E-state index is 13.0. The first-order valence-corrected chi connectivity index (χ1v) is 8.93. The van der Waals surface area contributed by atoms with Crippen LogP contribution in [0, 0.1) is 0 Å². The van der Waals surface area contributed by atoms with Crippen LogP contribution in [-0.4, -0.2) is 19.1 Å². The van der Waals surface area contributed by atoms with E-state index in [9.17, 15) is 4.79 Å². The molecule has 1 amide bonds. The van der Waals surface area contributed by atoms with E-state index in [1.54, 1.807) is 30.2 Å². The summed E-state index contributed by atoms with van der Waals surface area (Å²) >= 11 is 0. The topological polar surface area (TPSA) is 51.9 Å². The van der Waals surface area contributed by atoms with Gasteiger partial charge in [0.1, 0.15) is 23.9 Å². The average Bonchev–Trinajstić information content (AvgIpc) is 3.29. The standard InChI is InChI=1S/C22H21NO4/c1-15-12-16-6-3-4-9-20(16)23(15)22(24)21-11-10-19(27-21)14-26-18-8-5-7-17(13-18)25-2/h3-11,13,15H,12,14H2,1-2H3. The van der Waals surface area contributed by atoms with Gasteiger partial charge in [0.25, 0.3) is 5.91 Å². The Hall–Kier alpha value is -3.21. The molecule has 1 unspecified atom stereocenters. The zero-order valence-corrected chi connectivity index (χ0v) is 15.3. The molecule has 0 N–H and O–H groups in total. The van der Waals surface area contributed by atoms with Gasteiger partial charge in [-0.25, -0.2) is 0 Å². The average molecular weight is 363 g/mol. The monoisotopic (exact) mass is 363 g/mol. The molecule has 2 heterocycles. The van der Waals surface area contributed by atoms with Crippen molar-refractivity contribution in [1.29, 1.82) is 0 Å². The van der Waals surface area contributed by atoms with Crippen LogP contribution in [0.1, 0.15) is 28.8 Å². The number of carbonyl (C=O) groups excluding carboxylic acids is 1. The van der Waals surface area contributed by atoms with Crippen molar-refractivity contribution in [2.24, 2.45) is 0 Å². The maximum atomic E-state index is 13.0. The molecular weight excluding hydrogens is 342 g/mol. The van der Waals surface area contributed by atoms with Crippen LogP contribution in [-0.2, 0) is 13.0 Å². The van der Waals surface area contributed by atoms with Gasteiger partial charge < -0.3 is 18.8 Å². The molecule has 5 nitrogen and oxygen atoms in total. The molecule has 0 aliphatic carbocycles. The van der Waals surface area contributed by atoms with Crippen molar-refractivity contribution in [1.82, 2.24) is 0 Å². The molecule has 4 rings (SSSR count). The molecule has 1 aromatic heterocycles. The molecule has 3 aromatic rings. The highest BCUT2D eigenvalue weighted by Crippen LogP contribution is 2.33. The molecule has 5 heteroatoms. The predicted octanol–water partition coefficient (Wildman–Crippen LogP) is 4.46. The van der Waals surface area contributed by atoms with E-state index in [2.05, 4.69) is 6.07 Å². The fraction of sp³-hybridized carbons (Fsp3) is 0.227. The quantitative estimate of drug-likeness (QED) is 0.672. The van der Waals surface area contributed by atoms with Gasteiger partial charge in [-0.15, -0.1) is 0 Å². The van der Waals surface area contributed by atoms with Crippen LogP contribution < -0.4 is 14.4 Å². The highest BCUT2D eigenvalue weighted by molar-refractivity contribution is 6.06. The van der Waals surface area contributed by atoms with Gasteiger partial charge in [-0.1, -0.05) is 24.3 Å². The van der Waals surface area contributed by atoms with Crippen LogP contribution in [0.25, 0.3) is 0 Å². The van der Waals surface area contributed by atoms with Crippen LogP contribution in [0.15, 0.2) is 65.1 Å². The van der Waals surface area contributed by atoms with Crippen LogP contribution in [0.2, 0.25) is 0 Å². The molecule has 0 radical (unpaired) electrons. The van der Waals surface area contributed by atoms with Gasteiger partial charge in [0.05, 0.1) is 7.11 Å². The van der Waals surface area contributed by atoms with E-state index >= 15 is 0 Å². The molecule has 2 aromatic carbocycles. The molecule has 27 heavy (non-hydrogen) atoms. The third-order valence-electron chi connectivity index (χ3n) is 4.72. The minimum atomic E-state index is -0.125. The number of rotatable bonds is 5. The number of amides is 1. The lowest BCUT2D eigenvalue weighted by Crippen LogP contribution is -2.35. The fourth-order valence-corrected chi connectivity index (χ4v) is 3.41. The molecule has 0 spiro atoms. The summed E-state index contributed by atoms with van der Waals surface area (Å²) in [7, 11) is 1.61. The lowest BCUT2D eigenvalue weighted by Gasteiger charge is -2.21. The van der Waals surface area contributed by atoms with E-state index < -0.39 is 0 Å². The number of hydrogen-bond acceptors (Lipinski definition) is 4. The van der Waals surface area contributed by atoms with Crippen LogP contribution in [0.3, 0.4) is 0 Å². The number of para-hydroxylation sites is 1. The molecule has 138 valence electrons.